The van der Waals surface area contributed by atoms with Crippen molar-refractivity contribution in [3.8, 4) is 17.2 Å². The Hall–Kier alpha value is -5.24. The zero-order valence-corrected chi connectivity index (χ0v) is 19.1. The second kappa shape index (κ2) is 9.55. The molecule has 0 saturated carbocycles. The number of para-hydroxylation sites is 2. The van der Waals surface area contributed by atoms with Crippen molar-refractivity contribution in [2.75, 3.05) is 10.6 Å². The average Bonchev–Trinajstić information content (AvgIpc) is 3.36. The maximum Gasteiger partial charge on any atom is 0.231 e. The molecule has 0 bridgehead atoms. The van der Waals surface area contributed by atoms with Gasteiger partial charge in [-0.05, 0) is 60.7 Å². The van der Waals surface area contributed by atoms with E-state index in [2.05, 4.69) is 20.6 Å². The summed E-state index contributed by atoms with van der Waals surface area (Å²) >= 11 is 0. The average molecular weight is 472 g/mol. The lowest BCUT2D eigenvalue weighted by molar-refractivity contribution is 0.483. The molecule has 0 unspecified atom stereocenters. The monoisotopic (exact) mass is 471 g/mol. The maximum absolute atomic E-state index is 5.91. The van der Waals surface area contributed by atoms with Crippen LogP contribution in [0.1, 0.15) is 0 Å². The zero-order valence-electron chi connectivity index (χ0n) is 19.1. The van der Waals surface area contributed by atoms with Crippen LogP contribution in [-0.4, -0.2) is 24.5 Å². The van der Waals surface area contributed by atoms with E-state index in [-0.39, 0.29) is 0 Å². The number of rotatable bonds is 7. The van der Waals surface area contributed by atoms with E-state index in [0.29, 0.717) is 22.9 Å². The van der Waals surface area contributed by atoms with Gasteiger partial charge in [-0.2, -0.15) is 9.97 Å². The number of hydrogen-bond acceptors (Lipinski definition) is 7. The Kier molecular flexibility index (Phi) is 5.65. The van der Waals surface area contributed by atoms with Crippen LogP contribution in [0.4, 0.5) is 23.1 Å². The topological polar surface area (TPSA) is 89.8 Å². The Labute approximate surface area is 207 Å². The van der Waals surface area contributed by atoms with E-state index in [1.165, 1.54) is 0 Å². The molecule has 0 aliphatic heterocycles. The molecule has 3 aromatic heterocycles. The minimum atomic E-state index is 0.430. The number of imidazole rings is 1. The van der Waals surface area contributed by atoms with Gasteiger partial charge in [0.15, 0.2) is 17.0 Å². The SMILES string of the molecule is c1ccc(Oc2ccc(Nc3nc(Nc4cccnc4)nc4c3ncn4-c3ccccc3)cc2)cc1. The van der Waals surface area contributed by atoms with E-state index >= 15 is 0 Å². The number of aromatic nitrogens is 5. The second-order valence-corrected chi connectivity index (χ2v) is 7.95. The molecule has 8 heteroatoms. The smallest absolute Gasteiger partial charge is 0.231 e. The largest absolute Gasteiger partial charge is 0.457 e. The van der Waals surface area contributed by atoms with Crippen LogP contribution in [-0.2, 0) is 0 Å². The van der Waals surface area contributed by atoms with Crippen LogP contribution >= 0.6 is 0 Å². The van der Waals surface area contributed by atoms with Gasteiger partial charge in [0, 0.05) is 17.6 Å². The van der Waals surface area contributed by atoms with Crippen molar-refractivity contribution in [3.63, 3.8) is 0 Å². The molecule has 0 amide bonds. The lowest BCUT2D eigenvalue weighted by Crippen LogP contribution is -2.04. The fourth-order valence-electron chi connectivity index (χ4n) is 3.75. The van der Waals surface area contributed by atoms with E-state index in [0.717, 1.165) is 28.6 Å². The summed E-state index contributed by atoms with van der Waals surface area (Å²) in [5.41, 5.74) is 3.92. The van der Waals surface area contributed by atoms with E-state index < -0.39 is 0 Å². The van der Waals surface area contributed by atoms with Crippen molar-refractivity contribution in [1.82, 2.24) is 24.5 Å². The highest BCUT2D eigenvalue weighted by Crippen LogP contribution is 2.29. The van der Waals surface area contributed by atoms with Crippen molar-refractivity contribution in [1.29, 1.82) is 0 Å². The Morgan fingerprint density at radius 1 is 0.667 bits per heavy atom. The minimum Gasteiger partial charge on any atom is -0.457 e. The van der Waals surface area contributed by atoms with Crippen LogP contribution in [0.2, 0.25) is 0 Å². The quantitative estimate of drug-likeness (QED) is 0.275. The van der Waals surface area contributed by atoms with Gasteiger partial charge in [0.1, 0.15) is 17.8 Å². The van der Waals surface area contributed by atoms with Gasteiger partial charge in [0.25, 0.3) is 0 Å². The van der Waals surface area contributed by atoms with Gasteiger partial charge in [-0.3, -0.25) is 9.55 Å². The first-order valence-electron chi connectivity index (χ1n) is 11.4. The number of nitrogens with one attached hydrogen (secondary N) is 2. The molecule has 3 aromatic carbocycles. The first-order valence-corrected chi connectivity index (χ1v) is 11.4. The fraction of sp³-hybridized carbons (Fsp3) is 0. The van der Waals surface area contributed by atoms with Gasteiger partial charge in [0.05, 0.1) is 11.9 Å². The number of nitrogens with zero attached hydrogens (tertiary/aromatic N) is 5. The molecule has 0 saturated heterocycles. The molecular weight excluding hydrogens is 450 g/mol. The third-order valence-corrected chi connectivity index (χ3v) is 5.44. The number of ether oxygens (including phenoxy) is 1. The predicted molar refractivity (Wildman–Crippen MR) is 140 cm³/mol. The van der Waals surface area contributed by atoms with Crippen molar-refractivity contribution in [3.05, 3.63) is 116 Å². The van der Waals surface area contributed by atoms with Crippen molar-refractivity contribution in [2.24, 2.45) is 0 Å². The highest BCUT2D eigenvalue weighted by Gasteiger charge is 2.15. The summed E-state index contributed by atoms with van der Waals surface area (Å²) < 4.78 is 7.84. The zero-order chi connectivity index (χ0) is 24.2. The van der Waals surface area contributed by atoms with Crippen LogP contribution in [0.3, 0.4) is 0 Å². The van der Waals surface area contributed by atoms with Crippen LogP contribution in [0, 0.1) is 0 Å². The lowest BCUT2D eigenvalue weighted by Gasteiger charge is -2.11. The Balaban J connectivity index is 1.35. The van der Waals surface area contributed by atoms with Crippen LogP contribution in [0.25, 0.3) is 16.9 Å². The molecule has 6 rings (SSSR count). The summed E-state index contributed by atoms with van der Waals surface area (Å²) in [5.74, 6) is 2.54. The van der Waals surface area contributed by atoms with Gasteiger partial charge < -0.3 is 15.4 Å². The van der Waals surface area contributed by atoms with E-state index in [4.69, 9.17) is 14.7 Å². The molecule has 0 radical (unpaired) electrons. The molecular formula is C28H21N7O. The number of hydrogen-bond donors (Lipinski definition) is 2. The first-order chi connectivity index (χ1) is 17.8. The van der Waals surface area contributed by atoms with E-state index in [9.17, 15) is 0 Å². The van der Waals surface area contributed by atoms with Gasteiger partial charge in [-0.1, -0.05) is 36.4 Å². The summed E-state index contributed by atoms with van der Waals surface area (Å²) in [7, 11) is 0. The van der Waals surface area contributed by atoms with E-state index in [1.807, 2.05) is 102 Å². The summed E-state index contributed by atoms with van der Waals surface area (Å²) in [6, 6.07) is 31.1. The Bertz CT molecular complexity index is 1590. The predicted octanol–water partition coefficient (Wildman–Crippen LogP) is 6.49. The third-order valence-electron chi connectivity index (χ3n) is 5.44. The molecule has 0 fully saturated rings. The first kappa shape index (κ1) is 21.3. The van der Waals surface area contributed by atoms with Crippen LogP contribution in [0.15, 0.2) is 116 Å². The highest BCUT2D eigenvalue weighted by molar-refractivity contribution is 5.88. The van der Waals surface area contributed by atoms with Gasteiger partial charge in [-0.25, -0.2) is 4.98 Å². The number of anilines is 4. The Morgan fingerprint density at radius 2 is 1.42 bits per heavy atom. The minimum absolute atomic E-state index is 0.430. The molecule has 0 spiro atoms. The number of benzene rings is 3. The molecule has 3 heterocycles. The lowest BCUT2D eigenvalue weighted by atomic mass is 10.3. The van der Waals surface area contributed by atoms with Crippen molar-refractivity contribution < 1.29 is 4.74 Å². The molecule has 0 aliphatic rings. The van der Waals surface area contributed by atoms with Crippen LogP contribution in [0.5, 0.6) is 11.5 Å². The fourth-order valence-corrected chi connectivity index (χ4v) is 3.75. The van der Waals surface area contributed by atoms with E-state index in [1.54, 1.807) is 18.7 Å². The number of fused-ring (bicyclic) bond motifs is 1. The van der Waals surface area contributed by atoms with Crippen molar-refractivity contribution in [2.45, 2.75) is 0 Å². The van der Waals surface area contributed by atoms with Gasteiger partial charge in [0.2, 0.25) is 5.95 Å². The molecule has 2 N–H and O–H groups in total. The summed E-state index contributed by atoms with van der Waals surface area (Å²) in [6.45, 7) is 0. The normalized spacial score (nSPS) is 10.8. The summed E-state index contributed by atoms with van der Waals surface area (Å²) in [4.78, 5) is 18.3. The third kappa shape index (κ3) is 4.55. The second-order valence-electron chi connectivity index (χ2n) is 7.95. The standard InChI is InChI=1S/C28H21N7O/c1-3-9-22(10-4-1)35-19-30-25-26(33-28(34-27(25)35)32-21-8-7-17-29-18-21)31-20-13-15-24(16-14-20)36-23-11-5-2-6-12-23/h1-19H,(H2,31,32,33,34). The molecule has 8 nitrogen and oxygen atoms in total. The number of pyridine rings is 1. The summed E-state index contributed by atoms with van der Waals surface area (Å²) in [5, 5.41) is 6.63. The molecule has 0 atom stereocenters. The highest BCUT2D eigenvalue weighted by atomic mass is 16.5. The maximum atomic E-state index is 5.91. The van der Waals surface area contributed by atoms with Gasteiger partial charge >= 0.3 is 0 Å². The molecule has 36 heavy (non-hydrogen) atoms. The van der Waals surface area contributed by atoms with Crippen molar-refractivity contribution >= 4 is 34.3 Å². The molecule has 0 aliphatic carbocycles. The Morgan fingerprint density at radius 3 is 2.17 bits per heavy atom. The molecule has 6 aromatic rings. The molecule has 174 valence electrons. The van der Waals surface area contributed by atoms with Gasteiger partial charge in [-0.15, -0.1) is 0 Å². The van der Waals surface area contributed by atoms with Crippen LogP contribution < -0.4 is 15.4 Å². The summed E-state index contributed by atoms with van der Waals surface area (Å²) in [6.07, 6.45) is 5.20.